The van der Waals surface area contributed by atoms with Crippen LogP contribution in [0.15, 0.2) is 59.0 Å². The molecule has 0 amide bonds. The van der Waals surface area contributed by atoms with Gasteiger partial charge in [0.05, 0.1) is 11.4 Å². The van der Waals surface area contributed by atoms with E-state index < -0.39 is 0 Å². The molecule has 0 spiro atoms. The maximum atomic E-state index is 4.62. The van der Waals surface area contributed by atoms with E-state index in [1.165, 1.54) is 11.1 Å². The zero-order valence-corrected chi connectivity index (χ0v) is 16.8. The van der Waals surface area contributed by atoms with Gasteiger partial charge < -0.3 is 0 Å². The van der Waals surface area contributed by atoms with Crippen molar-refractivity contribution >= 4 is 22.2 Å². The molecular weight excluding hydrogens is 338 g/mol. The van der Waals surface area contributed by atoms with Crippen LogP contribution in [-0.4, -0.2) is 10.7 Å². The highest BCUT2D eigenvalue weighted by atomic mass is 32.1. The van der Waals surface area contributed by atoms with Gasteiger partial charge in [-0.3, -0.25) is 5.43 Å². The molecule has 0 fully saturated rings. The van der Waals surface area contributed by atoms with E-state index in [1.54, 1.807) is 11.3 Å². The Hall–Kier alpha value is -2.46. The number of anilines is 1. The van der Waals surface area contributed by atoms with Crippen molar-refractivity contribution in [2.24, 2.45) is 5.10 Å². The van der Waals surface area contributed by atoms with E-state index in [9.17, 15) is 0 Å². The van der Waals surface area contributed by atoms with Gasteiger partial charge in [0.2, 0.25) is 5.13 Å². The number of nitrogens with zero attached hydrogens (tertiary/aromatic N) is 2. The quantitative estimate of drug-likeness (QED) is 0.439. The van der Waals surface area contributed by atoms with Crippen molar-refractivity contribution in [3.05, 3.63) is 70.6 Å². The van der Waals surface area contributed by atoms with Crippen LogP contribution in [0, 0.1) is 6.92 Å². The van der Waals surface area contributed by atoms with E-state index in [4.69, 9.17) is 0 Å². The maximum Gasteiger partial charge on any atom is 0.203 e. The molecule has 2 aromatic carbocycles. The van der Waals surface area contributed by atoms with E-state index >= 15 is 0 Å². The minimum absolute atomic E-state index is 0.162. The molecule has 3 aromatic rings. The monoisotopic (exact) mass is 363 g/mol. The Morgan fingerprint density at radius 3 is 2.27 bits per heavy atom. The van der Waals surface area contributed by atoms with Gasteiger partial charge in [-0.05, 0) is 30.4 Å². The van der Waals surface area contributed by atoms with Gasteiger partial charge in [0.1, 0.15) is 0 Å². The largest absolute Gasteiger partial charge is 0.252 e. The van der Waals surface area contributed by atoms with Crippen LogP contribution in [0.25, 0.3) is 11.3 Å². The van der Waals surface area contributed by atoms with E-state index in [-0.39, 0.29) is 5.41 Å². The minimum atomic E-state index is 0.162. The first-order valence-corrected chi connectivity index (χ1v) is 9.65. The van der Waals surface area contributed by atoms with Gasteiger partial charge in [0.15, 0.2) is 0 Å². The molecule has 0 saturated heterocycles. The first-order chi connectivity index (χ1) is 12.3. The van der Waals surface area contributed by atoms with Crippen LogP contribution in [0.2, 0.25) is 0 Å². The zero-order chi connectivity index (χ0) is 18.7. The average molecular weight is 364 g/mol. The van der Waals surface area contributed by atoms with Gasteiger partial charge in [0, 0.05) is 10.9 Å². The van der Waals surface area contributed by atoms with E-state index in [1.807, 2.05) is 6.92 Å². The van der Waals surface area contributed by atoms with Crippen LogP contribution in [0.1, 0.15) is 44.4 Å². The fourth-order valence-corrected chi connectivity index (χ4v) is 3.25. The summed E-state index contributed by atoms with van der Waals surface area (Å²) in [5.74, 6) is 0. The first-order valence-electron chi connectivity index (χ1n) is 8.77. The third-order valence-electron chi connectivity index (χ3n) is 4.34. The summed E-state index contributed by atoms with van der Waals surface area (Å²) in [7, 11) is 0. The molecule has 0 aliphatic heterocycles. The number of hydrogen-bond acceptors (Lipinski definition) is 4. The van der Waals surface area contributed by atoms with Crippen LogP contribution < -0.4 is 5.43 Å². The number of nitrogens with one attached hydrogen (secondary N) is 1. The predicted octanol–water partition coefficient (Wildman–Crippen LogP) is 6.25. The van der Waals surface area contributed by atoms with Gasteiger partial charge >= 0.3 is 0 Å². The topological polar surface area (TPSA) is 37.3 Å². The van der Waals surface area contributed by atoms with Crippen LogP contribution in [0.5, 0.6) is 0 Å². The van der Waals surface area contributed by atoms with Crippen molar-refractivity contribution in [3.8, 4) is 11.3 Å². The summed E-state index contributed by atoms with van der Waals surface area (Å²) < 4.78 is 0. The van der Waals surface area contributed by atoms with Crippen molar-refractivity contribution in [2.75, 3.05) is 5.43 Å². The summed E-state index contributed by atoms with van der Waals surface area (Å²) in [6.07, 6.45) is 0. The number of thiazole rings is 1. The number of aromatic nitrogens is 1. The maximum absolute atomic E-state index is 4.62. The molecule has 3 rings (SSSR count). The highest BCUT2D eigenvalue weighted by molar-refractivity contribution is 7.14. The van der Waals surface area contributed by atoms with Crippen molar-refractivity contribution in [1.82, 2.24) is 4.98 Å². The fourth-order valence-electron chi connectivity index (χ4n) is 2.59. The second kappa shape index (κ2) is 7.42. The summed E-state index contributed by atoms with van der Waals surface area (Å²) in [6, 6.07) is 17.0. The summed E-state index contributed by atoms with van der Waals surface area (Å²) in [4.78, 5) is 4.62. The molecule has 1 N–H and O–H groups in total. The summed E-state index contributed by atoms with van der Waals surface area (Å²) >= 11 is 1.56. The molecule has 0 aliphatic carbocycles. The lowest BCUT2D eigenvalue weighted by Crippen LogP contribution is -2.11. The first kappa shape index (κ1) is 18.3. The molecule has 4 heteroatoms. The Balaban J connectivity index is 1.70. The molecule has 26 heavy (non-hydrogen) atoms. The molecule has 1 heterocycles. The lowest BCUT2D eigenvalue weighted by Gasteiger charge is -2.19. The van der Waals surface area contributed by atoms with Gasteiger partial charge in [0.25, 0.3) is 0 Å². The second-order valence-corrected chi connectivity index (χ2v) is 8.40. The van der Waals surface area contributed by atoms with Crippen LogP contribution >= 0.6 is 11.3 Å². The molecule has 3 nitrogen and oxygen atoms in total. The SMILES string of the molecule is C/C(=N/Nc1nc(-c2ccc(C)cc2)cs1)c1ccc(C(C)(C)C)cc1. The molecule has 0 saturated carbocycles. The average Bonchev–Trinajstić information content (AvgIpc) is 3.08. The Kier molecular flexibility index (Phi) is 5.23. The van der Waals surface area contributed by atoms with Gasteiger partial charge in [-0.15, -0.1) is 11.3 Å². The molecule has 0 radical (unpaired) electrons. The molecule has 0 unspecified atom stereocenters. The van der Waals surface area contributed by atoms with E-state index in [0.29, 0.717) is 0 Å². The van der Waals surface area contributed by atoms with Crippen molar-refractivity contribution in [1.29, 1.82) is 0 Å². The summed E-state index contributed by atoms with van der Waals surface area (Å²) in [5, 5.41) is 7.34. The smallest absolute Gasteiger partial charge is 0.203 e. The Labute approximate surface area is 159 Å². The Bertz CT molecular complexity index is 898. The van der Waals surface area contributed by atoms with E-state index in [0.717, 1.165) is 27.7 Å². The molecular formula is C22H25N3S. The number of hydrazone groups is 1. The Morgan fingerprint density at radius 1 is 1.00 bits per heavy atom. The van der Waals surface area contributed by atoms with Crippen molar-refractivity contribution < 1.29 is 0 Å². The second-order valence-electron chi connectivity index (χ2n) is 7.54. The van der Waals surface area contributed by atoms with Gasteiger partial charge in [-0.25, -0.2) is 4.98 Å². The minimum Gasteiger partial charge on any atom is -0.252 e. The highest BCUT2D eigenvalue weighted by Crippen LogP contribution is 2.25. The fraction of sp³-hybridized carbons (Fsp3) is 0.273. The lowest BCUT2D eigenvalue weighted by atomic mass is 9.86. The molecule has 0 bridgehead atoms. The van der Waals surface area contributed by atoms with Crippen molar-refractivity contribution in [2.45, 2.75) is 40.0 Å². The highest BCUT2D eigenvalue weighted by Gasteiger charge is 2.13. The van der Waals surface area contributed by atoms with E-state index in [2.05, 4.69) is 97.1 Å². The number of aryl methyl sites for hydroxylation is 1. The predicted molar refractivity (Wildman–Crippen MR) is 113 cm³/mol. The molecule has 134 valence electrons. The lowest BCUT2D eigenvalue weighted by molar-refractivity contribution is 0.590. The third kappa shape index (κ3) is 4.38. The number of rotatable bonds is 4. The molecule has 0 atom stereocenters. The molecule has 0 aliphatic rings. The zero-order valence-electron chi connectivity index (χ0n) is 16.0. The third-order valence-corrected chi connectivity index (χ3v) is 5.09. The van der Waals surface area contributed by atoms with Crippen LogP contribution in [0.4, 0.5) is 5.13 Å². The van der Waals surface area contributed by atoms with Crippen LogP contribution in [-0.2, 0) is 5.41 Å². The number of hydrogen-bond donors (Lipinski definition) is 1. The normalized spacial score (nSPS) is 12.3. The summed E-state index contributed by atoms with van der Waals surface area (Å²) in [5.41, 5.74) is 9.97. The Morgan fingerprint density at radius 2 is 1.65 bits per heavy atom. The number of benzene rings is 2. The van der Waals surface area contributed by atoms with Gasteiger partial charge in [-0.2, -0.15) is 5.10 Å². The van der Waals surface area contributed by atoms with Crippen molar-refractivity contribution in [3.63, 3.8) is 0 Å². The van der Waals surface area contributed by atoms with Crippen LogP contribution in [0.3, 0.4) is 0 Å². The van der Waals surface area contributed by atoms with Gasteiger partial charge in [-0.1, -0.05) is 74.9 Å². The molecule has 1 aromatic heterocycles. The standard InChI is InChI=1S/C22H25N3S/c1-15-6-8-18(9-7-15)20-14-26-21(23-20)25-24-16(2)17-10-12-19(13-11-17)22(3,4)5/h6-14H,1-5H3,(H,23,25)/b24-16-. The summed E-state index contributed by atoms with van der Waals surface area (Å²) in [6.45, 7) is 10.8.